The molecule has 0 saturated carbocycles. The molecule has 0 aromatic carbocycles. The van der Waals surface area contributed by atoms with E-state index in [1.807, 2.05) is 0 Å². The Morgan fingerprint density at radius 2 is 2.24 bits per heavy atom. The van der Waals surface area contributed by atoms with Gasteiger partial charge >= 0.3 is 0 Å². The van der Waals surface area contributed by atoms with Gasteiger partial charge in [0.25, 0.3) is 0 Å². The van der Waals surface area contributed by atoms with Gasteiger partial charge in [-0.2, -0.15) is 0 Å². The standard InChI is InChI=1S/C15H26N4OS/c1-19(2)15(6-9-20-10-7-15)12-18-14(16)17-8-5-13-4-3-11-21-13/h3-4,11H,5-10,12H2,1-2H3,(H3,16,17,18). The molecule has 118 valence electrons. The molecule has 0 aliphatic carbocycles. The number of hydrogen-bond donors (Lipinski definition) is 2. The molecule has 1 aliphatic heterocycles. The lowest BCUT2D eigenvalue weighted by atomic mass is 9.89. The lowest BCUT2D eigenvalue weighted by Gasteiger charge is -2.41. The maximum Gasteiger partial charge on any atom is 0.188 e. The Bertz CT molecular complexity index is 439. The zero-order chi connectivity index (χ0) is 15.1. The first-order valence-electron chi connectivity index (χ1n) is 7.44. The van der Waals surface area contributed by atoms with Gasteiger partial charge in [-0.1, -0.05) is 6.07 Å². The van der Waals surface area contributed by atoms with Crippen molar-refractivity contribution in [2.24, 2.45) is 10.7 Å². The predicted molar refractivity (Wildman–Crippen MR) is 89.0 cm³/mol. The molecule has 2 rings (SSSR count). The third-order valence-electron chi connectivity index (χ3n) is 4.17. The van der Waals surface area contributed by atoms with Gasteiger partial charge < -0.3 is 20.7 Å². The second-order valence-electron chi connectivity index (χ2n) is 5.69. The van der Waals surface area contributed by atoms with E-state index in [-0.39, 0.29) is 5.54 Å². The van der Waals surface area contributed by atoms with Gasteiger partial charge in [-0.05, 0) is 44.8 Å². The van der Waals surface area contributed by atoms with E-state index < -0.39 is 0 Å². The smallest absolute Gasteiger partial charge is 0.188 e. The lowest BCUT2D eigenvalue weighted by Crippen LogP contribution is -2.51. The average molecular weight is 310 g/mol. The molecule has 6 heteroatoms. The van der Waals surface area contributed by atoms with Gasteiger partial charge in [-0.3, -0.25) is 4.99 Å². The molecule has 0 amide bonds. The number of guanidine groups is 1. The Labute approximate surface area is 131 Å². The van der Waals surface area contributed by atoms with Crippen LogP contribution in [-0.2, 0) is 11.2 Å². The molecule has 1 saturated heterocycles. The van der Waals surface area contributed by atoms with Crippen molar-refractivity contribution in [1.82, 2.24) is 10.2 Å². The van der Waals surface area contributed by atoms with E-state index in [2.05, 4.69) is 46.8 Å². The van der Waals surface area contributed by atoms with Gasteiger partial charge in [0.1, 0.15) is 0 Å². The summed E-state index contributed by atoms with van der Waals surface area (Å²) in [5.41, 5.74) is 6.06. The number of hydrogen-bond acceptors (Lipinski definition) is 4. The van der Waals surface area contributed by atoms with Gasteiger partial charge in [-0.25, -0.2) is 0 Å². The summed E-state index contributed by atoms with van der Waals surface area (Å²) in [5.74, 6) is 0.541. The predicted octanol–water partition coefficient (Wildman–Crippen LogP) is 1.31. The van der Waals surface area contributed by atoms with Crippen molar-refractivity contribution < 1.29 is 4.74 Å². The molecular weight excluding hydrogens is 284 g/mol. The van der Waals surface area contributed by atoms with Crippen LogP contribution in [0.5, 0.6) is 0 Å². The number of ether oxygens (including phenoxy) is 1. The maximum absolute atomic E-state index is 5.98. The summed E-state index contributed by atoms with van der Waals surface area (Å²) in [5, 5.41) is 5.30. The molecule has 1 aromatic rings. The first-order chi connectivity index (χ1) is 10.1. The first-order valence-corrected chi connectivity index (χ1v) is 8.32. The second-order valence-corrected chi connectivity index (χ2v) is 6.72. The summed E-state index contributed by atoms with van der Waals surface area (Å²) in [6, 6.07) is 4.21. The highest BCUT2D eigenvalue weighted by Crippen LogP contribution is 2.26. The van der Waals surface area contributed by atoms with E-state index >= 15 is 0 Å². The Hall–Kier alpha value is -1.11. The van der Waals surface area contributed by atoms with Crippen LogP contribution in [0.25, 0.3) is 0 Å². The van der Waals surface area contributed by atoms with Gasteiger partial charge in [-0.15, -0.1) is 11.3 Å². The lowest BCUT2D eigenvalue weighted by molar-refractivity contribution is -0.00252. The van der Waals surface area contributed by atoms with Crippen molar-refractivity contribution in [2.45, 2.75) is 24.8 Å². The van der Waals surface area contributed by atoms with Crippen molar-refractivity contribution in [3.63, 3.8) is 0 Å². The highest BCUT2D eigenvalue weighted by atomic mass is 32.1. The fourth-order valence-corrected chi connectivity index (χ4v) is 3.26. The van der Waals surface area contributed by atoms with Crippen LogP contribution in [0, 0.1) is 0 Å². The van der Waals surface area contributed by atoms with E-state index in [9.17, 15) is 0 Å². The molecule has 0 radical (unpaired) electrons. The van der Waals surface area contributed by atoms with Gasteiger partial charge in [0.15, 0.2) is 5.96 Å². The third-order valence-corrected chi connectivity index (χ3v) is 5.11. The quantitative estimate of drug-likeness (QED) is 0.614. The van der Waals surface area contributed by atoms with Crippen LogP contribution in [0.1, 0.15) is 17.7 Å². The molecule has 0 spiro atoms. The molecule has 2 heterocycles. The van der Waals surface area contributed by atoms with Gasteiger partial charge in [0, 0.05) is 30.2 Å². The van der Waals surface area contributed by atoms with Gasteiger partial charge in [0.2, 0.25) is 0 Å². The molecule has 1 aromatic heterocycles. The highest BCUT2D eigenvalue weighted by molar-refractivity contribution is 7.09. The van der Waals surface area contributed by atoms with Crippen molar-refractivity contribution in [3.8, 4) is 0 Å². The molecule has 3 N–H and O–H groups in total. The van der Waals surface area contributed by atoms with Crippen molar-refractivity contribution in [3.05, 3.63) is 22.4 Å². The summed E-state index contributed by atoms with van der Waals surface area (Å²) in [7, 11) is 4.22. The Morgan fingerprint density at radius 1 is 1.48 bits per heavy atom. The highest BCUT2D eigenvalue weighted by Gasteiger charge is 2.34. The molecule has 1 aliphatic rings. The molecule has 0 atom stereocenters. The third kappa shape index (κ3) is 4.69. The van der Waals surface area contributed by atoms with Gasteiger partial charge in [0.05, 0.1) is 6.54 Å². The fraction of sp³-hybridized carbons (Fsp3) is 0.667. The second kappa shape index (κ2) is 7.77. The van der Waals surface area contributed by atoms with E-state index in [0.29, 0.717) is 5.96 Å². The molecule has 21 heavy (non-hydrogen) atoms. The van der Waals surface area contributed by atoms with E-state index in [1.54, 1.807) is 11.3 Å². The van der Waals surface area contributed by atoms with Crippen LogP contribution in [0.2, 0.25) is 0 Å². The van der Waals surface area contributed by atoms with Crippen LogP contribution >= 0.6 is 11.3 Å². The van der Waals surface area contributed by atoms with Crippen LogP contribution in [0.3, 0.4) is 0 Å². The van der Waals surface area contributed by atoms with Crippen LogP contribution in [-0.4, -0.2) is 56.8 Å². The summed E-state index contributed by atoms with van der Waals surface area (Å²) in [4.78, 5) is 8.18. The summed E-state index contributed by atoms with van der Waals surface area (Å²) in [6.45, 7) is 3.16. The molecule has 0 bridgehead atoms. The monoisotopic (exact) mass is 310 g/mol. The molecule has 0 unspecified atom stereocenters. The van der Waals surface area contributed by atoms with Crippen molar-refractivity contribution in [2.75, 3.05) is 40.4 Å². The minimum atomic E-state index is 0.0816. The van der Waals surface area contributed by atoms with Crippen LogP contribution in [0.15, 0.2) is 22.5 Å². The van der Waals surface area contributed by atoms with Crippen molar-refractivity contribution >= 4 is 17.3 Å². The Morgan fingerprint density at radius 3 is 2.86 bits per heavy atom. The molecular formula is C15H26N4OS. The Kier molecular flexibility index (Phi) is 6.02. The Balaban J connectivity index is 1.80. The number of nitrogens with zero attached hydrogens (tertiary/aromatic N) is 2. The summed E-state index contributed by atoms with van der Waals surface area (Å²) in [6.07, 6.45) is 3.00. The zero-order valence-electron chi connectivity index (χ0n) is 13.0. The normalized spacial score (nSPS) is 18.9. The number of likely N-dealkylation sites (N-methyl/N-ethyl adjacent to an activating group) is 1. The number of nitrogens with two attached hydrogens (primary N) is 1. The number of aliphatic imine (C=N–C) groups is 1. The fourth-order valence-electron chi connectivity index (χ4n) is 2.55. The van der Waals surface area contributed by atoms with E-state index in [4.69, 9.17) is 10.5 Å². The minimum Gasteiger partial charge on any atom is -0.381 e. The summed E-state index contributed by atoms with van der Waals surface area (Å²) < 4.78 is 5.47. The van der Waals surface area contributed by atoms with Crippen LogP contribution < -0.4 is 11.1 Å². The molecule has 1 fully saturated rings. The number of thiophene rings is 1. The van der Waals surface area contributed by atoms with E-state index in [0.717, 1.165) is 45.6 Å². The zero-order valence-corrected chi connectivity index (χ0v) is 13.8. The first kappa shape index (κ1) is 16.3. The number of nitrogens with one attached hydrogen (secondary N) is 1. The SMILES string of the molecule is CN(C)C1(CN=C(N)NCCc2cccs2)CCOCC1. The summed E-state index contributed by atoms with van der Waals surface area (Å²) >= 11 is 1.77. The molecule has 5 nitrogen and oxygen atoms in total. The number of rotatable bonds is 6. The van der Waals surface area contributed by atoms with E-state index in [1.165, 1.54) is 4.88 Å². The maximum atomic E-state index is 5.98. The average Bonchev–Trinajstić information content (AvgIpc) is 2.99. The topological polar surface area (TPSA) is 62.9 Å². The minimum absolute atomic E-state index is 0.0816. The van der Waals surface area contributed by atoms with Crippen LogP contribution in [0.4, 0.5) is 0 Å². The van der Waals surface area contributed by atoms with Crippen molar-refractivity contribution in [1.29, 1.82) is 0 Å². The largest absolute Gasteiger partial charge is 0.381 e.